The summed E-state index contributed by atoms with van der Waals surface area (Å²) >= 11 is 5.64. The summed E-state index contributed by atoms with van der Waals surface area (Å²) in [7, 11) is 0. The number of halogens is 4. The van der Waals surface area contributed by atoms with Crippen molar-refractivity contribution in [1.82, 2.24) is 9.97 Å². The van der Waals surface area contributed by atoms with Crippen molar-refractivity contribution in [3.05, 3.63) is 35.1 Å². The summed E-state index contributed by atoms with van der Waals surface area (Å²) in [4.78, 5) is 7.10. The number of aromatic nitrogens is 2. The monoisotopic (exact) mass is 232 g/mol. The minimum atomic E-state index is -4.45. The van der Waals surface area contributed by atoms with Crippen molar-refractivity contribution in [1.29, 1.82) is 0 Å². The molecule has 0 saturated heterocycles. The molecule has 0 unspecified atom stereocenters. The molecule has 0 aliphatic heterocycles. The predicted octanol–water partition coefficient (Wildman–Crippen LogP) is 3.30. The summed E-state index contributed by atoms with van der Waals surface area (Å²) in [6.07, 6.45) is -3.19. The first kappa shape index (κ1) is 10.2. The zero-order chi connectivity index (χ0) is 11.1. The lowest BCUT2D eigenvalue weighted by Crippen LogP contribution is -2.07. The van der Waals surface area contributed by atoms with Gasteiger partial charge in [0, 0.05) is 11.6 Å². The van der Waals surface area contributed by atoms with Crippen LogP contribution in [0.2, 0.25) is 5.02 Å². The van der Waals surface area contributed by atoms with Crippen LogP contribution >= 0.6 is 11.6 Å². The maximum Gasteiger partial charge on any atom is 0.433 e. The molecule has 0 fully saturated rings. The molecule has 0 aromatic carbocycles. The fourth-order valence-corrected chi connectivity index (χ4v) is 1.31. The number of alkyl halides is 3. The third-order valence-electron chi connectivity index (χ3n) is 1.80. The van der Waals surface area contributed by atoms with Gasteiger partial charge in [0.15, 0.2) is 5.65 Å². The quantitative estimate of drug-likeness (QED) is 0.696. The molecular formula is C9H4ClF3N2. The average molecular weight is 233 g/mol. The Morgan fingerprint density at radius 1 is 1.20 bits per heavy atom. The summed E-state index contributed by atoms with van der Waals surface area (Å²) in [6, 6.07) is 3.71. The molecule has 0 amide bonds. The normalized spacial score (nSPS) is 12.0. The summed E-state index contributed by atoms with van der Waals surface area (Å²) in [5, 5.41) is 0.847. The highest BCUT2D eigenvalue weighted by Gasteiger charge is 2.32. The largest absolute Gasteiger partial charge is 0.433 e. The van der Waals surface area contributed by atoms with Crippen LogP contribution in [-0.2, 0) is 6.18 Å². The second-order valence-corrected chi connectivity index (χ2v) is 3.33. The standard InChI is InChI=1S/C9H4ClF3N2/c10-6-3-5-1-2-7(9(11,12)13)15-8(5)14-4-6/h1-4H. The molecule has 2 nitrogen and oxygen atoms in total. The van der Waals surface area contributed by atoms with Crippen molar-refractivity contribution in [3.63, 3.8) is 0 Å². The lowest BCUT2D eigenvalue weighted by Gasteiger charge is -2.05. The molecule has 0 radical (unpaired) electrons. The Hall–Kier alpha value is -1.36. The van der Waals surface area contributed by atoms with E-state index in [-0.39, 0.29) is 5.65 Å². The van der Waals surface area contributed by atoms with E-state index in [1.165, 1.54) is 18.3 Å². The van der Waals surface area contributed by atoms with E-state index in [1.807, 2.05) is 0 Å². The Labute approximate surface area is 87.7 Å². The molecule has 6 heteroatoms. The summed E-state index contributed by atoms with van der Waals surface area (Å²) in [5.41, 5.74) is -0.918. The van der Waals surface area contributed by atoms with Crippen molar-refractivity contribution in [2.45, 2.75) is 6.18 Å². The first-order chi connectivity index (χ1) is 6.97. The van der Waals surface area contributed by atoms with Crippen molar-refractivity contribution in [2.24, 2.45) is 0 Å². The van der Waals surface area contributed by atoms with Gasteiger partial charge in [0.1, 0.15) is 5.69 Å². The Morgan fingerprint density at radius 3 is 2.60 bits per heavy atom. The van der Waals surface area contributed by atoms with E-state index in [4.69, 9.17) is 11.6 Å². The first-order valence-electron chi connectivity index (χ1n) is 3.96. The van der Waals surface area contributed by atoms with Crippen molar-refractivity contribution in [3.8, 4) is 0 Å². The lowest BCUT2D eigenvalue weighted by atomic mass is 10.2. The minimum absolute atomic E-state index is 0.0363. The molecular weight excluding hydrogens is 229 g/mol. The Kier molecular flexibility index (Phi) is 2.26. The van der Waals surface area contributed by atoms with Crippen LogP contribution in [0.5, 0.6) is 0 Å². The third kappa shape index (κ3) is 2.02. The topological polar surface area (TPSA) is 25.8 Å². The van der Waals surface area contributed by atoms with Crippen LogP contribution in [0, 0.1) is 0 Å². The van der Waals surface area contributed by atoms with Crippen LogP contribution in [0.3, 0.4) is 0 Å². The smallest absolute Gasteiger partial charge is 0.235 e. The molecule has 2 rings (SSSR count). The predicted molar refractivity (Wildman–Crippen MR) is 49.6 cm³/mol. The van der Waals surface area contributed by atoms with Crippen LogP contribution in [0.25, 0.3) is 11.0 Å². The summed E-state index contributed by atoms with van der Waals surface area (Å²) < 4.78 is 36.8. The SMILES string of the molecule is FC(F)(F)c1ccc2cc(Cl)cnc2n1. The van der Waals surface area contributed by atoms with Crippen LogP contribution in [0.4, 0.5) is 13.2 Å². The maximum absolute atomic E-state index is 12.3. The van der Waals surface area contributed by atoms with E-state index < -0.39 is 11.9 Å². The van der Waals surface area contributed by atoms with Gasteiger partial charge in [0.2, 0.25) is 0 Å². The van der Waals surface area contributed by atoms with Gasteiger partial charge in [-0.1, -0.05) is 11.6 Å². The number of fused-ring (bicyclic) bond motifs is 1. The second kappa shape index (κ2) is 3.34. The molecule has 2 heterocycles. The van der Waals surface area contributed by atoms with Gasteiger partial charge in [-0.3, -0.25) is 0 Å². The zero-order valence-electron chi connectivity index (χ0n) is 7.22. The van der Waals surface area contributed by atoms with Crippen LogP contribution in [0.1, 0.15) is 5.69 Å². The molecule has 2 aromatic heterocycles. The van der Waals surface area contributed by atoms with E-state index in [0.717, 1.165) is 6.07 Å². The van der Waals surface area contributed by atoms with Crippen molar-refractivity contribution >= 4 is 22.6 Å². The molecule has 2 aromatic rings. The van der Waals surface area contributed by atoms with E-state index in [9.17, 15) is 13.2 Å². The van der Waals surface area contributed by atoms with Crippen molar-refractivity contribution in [2.75, 3.05) is 0 Å². The highest BCUT2D eigenvalue weighted by atomic mass is 35.5. The summed E-state index contributed by atoms with van der Waals surface area (Å²) in [5.74, 6) is 0. The molecule has 0 spiro atoms. The highest BCUT2D eigenvalue weighted by molar-refractivity contribution is 6.31. The first-order valence-corrected chi connectivity index (χ1v) is 4.34. The fourth-order valence-electron chi connectivity index (χ4n) is 1.14. The van der Waals surface area contributed by atoms with E-state index in [1.54, 1.807) is 0 Å². The number of nitrogens with zero attached hydrogens (tertiary/aromatic N) is 2. The van der Waals surface area contributed by atoms with Gasteiger partial charge < -0.3 is 0 Å². The molecule has 0 aliphatic carbocycles. The number of hydrogen-bond donors (Lipinski definition) is 0. The number of rotatable bonds is 0. The molecule has 78 valence electrons. The maximum atomic E-state index is 12.3. The molecule has 0 atom stereocenters. The lowest BCUT2D eigenvalue weighted by molar-refractivity contribution is -0.141. The number of hydrogen-bond acceptors (Lipinski definition) is 2. The second-order valence-electron chi connectivity index (χ2n) is 2.89. The third-order valence-corrected chi connectivity index (χ3v) is 2.01. The van der Waals surface area contributed by atoms with Gasteiger partial charge >= 0.3 is 6.18 Å². The fraction of sp³-hybridized carbons (Fsp3) is 0.111. The molecule has 0 N–H and O–H groups in total. The van der Waals surface area contributed by atoms with Crippen LogP contribution in [-0.4, -0.2) is 9.97 Å². The van der Waals surface area contributed by atoms with E-state index in [2.05, 4.69) is 9.97 Å². The van der Waals surface area contributed by atoms with Gasteiger partial charge in [-0.15, -0.1) is 0 Å². The van der Waals surface area contributed by atoms with Crippen LogP contribution < -0.4 is 0 Å². The van der Waals surface area contributed by atoms with Gasteiger partial charge in [0.05, 0.1) is 5.02 Å². The summed E-state index contributed by atoms with van der Waals surface area (Å²) in [6.45, 7) is 0. The van der Waals surface area contributed by atoms with Gasteiger partial charge in [-0.05, 0) is 18.2 Å². The van der Waals surface area contributed by atoms with Gasteiger partial charge in [-0.2, -0.15) is 13.2 Å². The van der Waals surface area contributed by atoms with Gasteiger partial charge in [-0.25, -0.2) is 9.97 Å². The molecule has 0 saturated carbocycles. The Morgan fingerprint density at radius 2 is 1.93 bits per heavy atom. The Balaban J connectivity index is 2.62. The molecule has 0 aliphatic rings. The van der Waals surface area contributed by atoms with Crippen LogP contribution in [0.15, 0.2) is 24.4 Å². The molecule has 15 heavy (non-hydrogen) atoms. The highest BCUT2D eigenvalue weighted by Crippen LogP contribution is 2.28. The zero-order valence-corrected chi connectivity index (χ0v) is 7.97. The average Bonchev–Trinajstić information content (AvgIpc) is 2.15. The van der Waals surface area contributed by atoms with Crippen molar-refractivity contribution < 1.29 is 13.2 Å². The van der Waals surface area contributed by atoms with E-state index >= 15 is 0 Å². The molecule has 0 bridgehead atoms. The minimum Gasteiger partial charge on any atom is -0.235 e. The number of pyridine rings is 2. The van der Waals surface area contributed by atoms with E-state index in [0.29, 0.717) is 10.4 Å². The Bertz CT molecular complexity index is 510. The van der Waals surface area contributed by atoms with Gasteiger partial charge in [0.25, 0.3) is 0 Å².